The zero-order chi connectivity index (χ0) is 15.7. The molecule has 0 amide bonds. The molecule has 110 valence electrons. The minimum atomic E-state index is -0.545. The number of imidazole rings is 1. The van der Waals surface area contributed by atoms with Gasteiger partial charge in [-0.25, -0.2) is 9.36 Å². The average molecular weight is 289 g/mol. The fourth-order valence-electron chi connectivity index (χ4n) is 2.24. The molecule has 1 heterocycles. The summed E-state index contributed by atoms with van der Waals surface area (Å²) in [6.45, 7) is 7.14. The van der Waals surface area contributed by atoms with Gasteiger partial charge in [-0.2, -0.15) is 0 Å². The van der Waals surface area contributed by atoms with E-state index in [-0.39, 0.29) is 18.0 Å². The molecule has 2 rings (SSSR count). The highest BCUT2D eigenvalue weighted by atomic mass is 16.6. The number of nitrogens with zero attached hydrogens (tertiary/aromatic N) is 3. The Bertz CT molecular complexity index is 813. The predicted octanol–water partition coefficient (Wildman–Crippen LogP) is 2.64. The van der Waals surface area contributed by atoms with Crippen molar-refractivity contribution in [3.63, 3.8) is 0 Å². The van der Waals surface area contributed by atoms with Gasteiger partial charge in [0, 0.05) is 24.3 Å². The van der Waals surface area contributed by atoms with Gasteiger partial charge in [0.25, 0.3) is 5.69 Å². The molecule has 1 aromatic heterocycles. The molecule has 0 saturated heterocycles. The lowest BCUT2D eigenvalue weighted by Crippen LogP contribution is -2.28. The zero-order valence-corrected chi connectivity index (χ0v) is 11.8. The Kier molecular flexibility index (Phi) is 3.75. The number of allylic oxidation sites excluding steroid dienone is 1. The van der Waals surface area contributed by atoms with Crippen LogP contribution < -0.4 is 5.69 Å². The molecule has 0 fully saturated rings. The van der Waals surface area contributed by atoms with Crippen molar-refractivity contribution >= 4 is 28.3 Å². The normalized spacial score (nSPS) is 10.8. The summed E-state index contributed by atoms with van der Waals surface area (Å²) in [5.74, 6) is -0.332. The van der Waals surface area contributed by atoms with E-state index >= 15 is 0 Å². The molecule has 0 aliphatic rings. The number of hydrogen-bond donors (Lipinski definition) is 0. The fourth-order valence-corrected chi connectivity index (χ4v) is 2.24. The topological polar surface area (TPSA) is 87.1 Å². The van der Waals surface area contributed by atoms with E-state index in [2.05, 4.69) is 6.58 Å². The third-order valence-corrected chi connectivity index (χ3v) is 3.13. The first-order chi connectivity index (χ1) is 9.88. The molecule has 0 spiro atoms. The van der Waals surface area contributed by atoms with Crippen LogP contribution in [0.1, 0.15) is 31.5 Å². The molecule has 7 heteroatoms. The van der Waals surface area contributed by atoms with Crippen molar-refractivity contribution in [1.82, 2.24) is 9.13 Å². The second-order valence-electron chi connectivity index (χ2n) is 4.76. The second-order valence-corrected chi connectivity index (χ2v) is 4.76. The number of nitro groups is 1. The minimum Gasteiger partial charge on any atom is -0.274 e. The van der Waals surface area contributed by atoms with Gasteiger partial charge in [-0.3, -0.25) is 19.5 Å². The highest BCUT2D eigenvalue weighted by Crippen LogP contribution is 2.22. The lowest BCUT2D eigenvalue weighted by Gasteiger charge is -1.99. The molecule has 7 nitrogen and oxygen atoms in total. The highest BCUT2D eigenvalue weighted by Gasteiger charge is 2.20. The van der Waals surface area contributed by atoms with Crippen LogP contribution in [0.15, 0.2) is 29.6 Å². The van der Waals surface area contributed by atoms with Crippen LogP contribution in [0.5, 0.6) is 0 Å². The average Bonchev–Trinajstić information content (AvgIpc) is 2.69. The van der Waals surface area contributed by atoms with Gasteiger partial charge in [0.05, 0.1) is 16.0 Å². The smallest absolute Gasteiger partial charge is 0.274 e. The van der Waals surface area contributed by atoms with Gasteiger partial charge in [-0.05, 0) is 19.4 Å². The number of hydrogen-bond acceptors (Lipinski definition) is 4. The van der Waals surface area contributed by atoms with E-state index in [1.165, 1.54) is 22.8 Å². The Morgan fingerprint density at radius 1 is 1.33 bits per heavy atom. The summed E-state index contributed by atoms with van der Waals surface area (Å²) in [6.07, 6.45) is 0.837. The van der Waals surface area contributed by atoms with Crippen molar-refractivity contribution in [2.75, 3.05) is 0 Å². The maximum Gasteiger partial charge on any atom is 0.340 e. The van der Waals surface area contributed by atoms with E-state index in [9.17, 15) is 19.7 Å². The molecular formula is C14H15N3O4. The van der Waals surface area contributed by atoms with Gasteiger partial charge >= 0.3 is 5.69 Å². The Morgan fingerprint density at radius 3 is 2.52 bits per heavy atom. The number of nitro benzene ring substituents is 1. The maximum atomic E-state index is 12.4. The van der Waals surface area contributed by atoms with E-state index in [4.69, 9.17) is 0 Å². The van der Waals surface area contributed by atoms with E-state index in [0.29, 0.717) is 23.2 Å². The van der Waals surface area contributed by atoms with E-state index < -0.39 is 10.6 Å². The first-order valence-corrected chi connectivity index (χ1v) is 6.49. The van der Waals surface area contributed by atoms with Gasteiger partial charge in [0.15, 0.2) is 0 Å². The largest absolute Gasteiger partial charge is 0.340 e. The molecule has 0 N–H and O–H groups in total. The molecule has 0 aliphatic heterocycles. The number of benzene rings is 1. The van der Waals surface area contributed by atoms with Gasteiger partial charge in [0.2, 0.25) is 5.91 Å². The lowest BCUT2D eigenvalue weighted by molar-refractivity contribution is -0.384. The number of non-ortho nitro benzene ring substituents is 1. The van der Waals surface area contributed by atoms with Crippen molar-refractivity contribution in [2.45, 2.75) is 26.7 Å². The Hall–Kier alpha value is -2.70. The Balaban J connectivity index is 2.86. The van der Waals surface area contributed by atoms with Gasteiger partial charge in [0.1, 0.15) is 0 Å². The molecule has 0 radical (unpaired) electrons. The van der Waals surface area contributed by atoms with Gasteiger partial charge < -0.3 is 0 Å². The van der Waals surface area contributed by atoms with Crippen LogP contribution in [-0.4, -0.2) is 20.0 Å². The number of carbonyl (C=O) groups excluding carboxylic acids is 1. The lowest BCUT2D eigenvalue weighted by atomic mass is 10.2. The van der Waals surface area contributed by atoms with Crippen LogP contribution in [0.4, 0.5) is 5.69 Å². The van der Waals surface area contributed by atoms with Crippen LogP contribution in [0.2, 0.25) is 0 Å². The molecule has 1 aromatic carbocycles. The summed E-state index contributed by atoms with van der Waals surface area (Å²) in [5.41, 5.74) is 0.376. The molecule has 0 unspecified atom stereocenters. The molecule has 0 atom stereocenters. The van der Waals surface area contributed by atoms with Crippen molar-refractivity contribution in [2.24, 2.45) is 0 Å². The van der Waals surface area contributed by atoms with E-state index in [1.54, 1.807) is 6.92 Å². The first kappa shape index (κ1) is 14.7. The molecular weight excluding hydrogens is 274 g/mol. The summed E-state index contributed by atoms with van der Waals surface area (Å²) < 4.78 is 2.27. The summed E-state index contributed by atoms with van der Waals surface area (Å²) in [4.78, 5) is 34.9. The van der Waals surface area contributed by atoms with Crippen LogP contribution in [0.25, 0.3) is 16.7 Å². The first-order valence-electron chi connectivity index (χ1n) is 6.49. The SMILES string of the molecule is C=C(C)n1c(=O)n(C(=O)CCC)c2ccc([N+](=O)[O-])cc21. The third kappa shape index (κ3) is 2.37. The van der Waals surface area contributed by atoms with Crippen molar-refractivity contribution in [3.05, 3.63) is 45.4 Å². The summed E-state index contributed by atoms with van der Waals surface area (Å²) in [7, 11) is 0. The van der Waals surface area contributed by atoms with Crippen LogP contribution >= 0.6 is 0 Å². The van der Waals surface area contributed by atoms with E-state index in [0.717, 1.165) is 4.57 Å². The number of rotatable bonds is 4. The van der Waals surface area contributed by atoms with Crippen molar-refractivity contribution in [1.29, 1.82) is 0 Å². The van der Waals surface area contributed by atoms with Crippen molar-refractivity contribution in [3.8, 4) is 0 Å². The quantitative estimate of drug-likeness (QED) is 0.639. The van der Waals surface area contributed by atoms with Crippen LogP contribution in [0.3, 0.4) is 0 Å². The van der Waals surface area contributed by atoms with Gasteiger partial charge in [-0.15, -0.1) is 0 Å². The number of aromatic nitrogens is 2. The zero-order valence-electron chi connectivity index (χ0n) is 11.8. The van der Waals surface area contributed by atoms with Crippen LogP contribution in [-0.2, 0) is 0 Å². The monoisotopic (exact) mass is 289 g/mol. The second kappa shape index (κ2) is 5.35. The standard InChI is InChI=1S/C14H15N3O4/c1-4-5-13(18)16-11-7-6-10(17(20)21)8-12(11)15(9(2)3)14(16)19/h6-8H,2,4-5H2,1,3H3. The maximum absolute atomic E-state index is 12.4. The Morgan fingerprint density at radius 2 is 2.00 bits per heavy atom. The molecule has 2 aromatic rings. The van der Waals surface area contributed by atoms with Crippen molar-refractivity contribution < 1.29 is 9.72 Å². The molecule has 21 heavy (non-hydrogen) atoms. The van der Waals surface area contributed by atoms with Crippen LogP contribution in [0, 0.1) is 10.1 Å². The minimum absolute atomic E-state index is 0.141. The Labute approximate surface area is 120 Å². The highest BCUT2D eigenvalue weighted by molar-refractivity contribution is 5.92. The summed E-state index contributed by atoms with van der Waals surface area (Å²) in [5, 5.41) is 10.9. The molecule has 0 bridgehead atoms. The number of carbonyl (C=O) groups is 1. The third-order valence-electron chi connectivity index (χ3n) is 3.13. The summed E-state index contributed by atoms with van der Waals surface area (Å²) >= 11 is 0. The van der Waals surface area contributed by atoms with E-state index in [1.807, 2.05) is 6.92 Å². The number of fused-ring (bicyclic) bond motifs is 1. The van der Waals surface area contributed by atoms with Gasteiger partial charge in [-0.1, -0.05) is 13.5 Å². The molecule has 0 saturated carbocycles. The molecule has 0 aliphatic carbocycles. The predicted molar refractivity (Wildman–Crippen MR) is 79.4 cm³/mol. The fraction of sp³-hybridized carbons (Fsp3) is 0.286. The summed E-state index contributed by atoms with van der Waals surface area (Å²) in [6, 6.07) is 3.98.